The molecule has 3 amide bonds. The highest BCUT2D eigenvalue weighted by Gasteiger charge is 2.64. The van der Waals surface area contributed by atoms with Crippen LogP contribution in [0, 0.1) is 11.7 Å². The van der Waals surface area contributed by atoms with Crippen molar-refractivity contribution in [2.24, 2.45) is 5.92 Å². The van der Waals surface area contributed by atoms with Gasteiger partial charge in [0.15, 0.2) is 9.84 Å². The SMILES string of the molecule is CC(C)(O)C[C@H]1NC(=O)N([C@@H]2CC[C@@]3(S(=O)(=O)c4ccc(F)cc4)c4ccc(C(C)(F)C(F)(F)F)cc4CC[C@@H]23)C1=O. The fourth-order valence-corrected chi connectivity index (χ4v) is 9.38. The summed E-state index contributed by atoms with van der Waals surface area (Å²) >= 11 is 0. The molecule has 5 atom stereocenters. The highest BCUT2D eigenvalue weighted by Crippen LogP contribution is 2.59. The van der Waals surface area contributed by atoms with Gasteiger partial charge in [0, 0.05) is 18.4 Å². The molecule has 1 saturated heterocycles. The number of alkyl halides is 4. The van der Waals surface area contributed by atoms with Gasteiger partial charge in [-0.05, 0) is 87.4 Å². The van der Waals surface area contributed by atoms with Crippen LogP contribution in [0.15, 0.2) is 47.4 Å². The number of benzene rings is 2. The van der Waals surface area contributed by atoms with Crippen molar-refractivity contribution in [2.75, 3.05) is 0 Å². The second kappa shape index (κ2) is 9.73. The van der Waals surface area contributed by atoms with Gasteiger partial charge >= 0.3 is 12.2 Å². The summed E-state index contributed by atoms with van der Waals surface area (Å²) in [5.41, 5.74) is -5.24. The Balaban J connectivity index is 1.64. The molecule has 2 fully saturated rings. The van der Waals surface area contributed by atoms with Crippen LogP contribution >= 0.6 is 0 Å². The van der Waals surface area contributed by atoms with Crippen LogP contribution in [0.5, 0.6) is 0 Å². The van der Waals surface area contributed by atoms with E-state index in [4.69, 9.17) is 0 Å². The van der Waals surface area contributed by atoms with Gasteiger partial charge in [-0.25, -0.2) is 22.0 Å². The molecule has 1 heterocycles. The van der Waals surface area contributed by atoms with Gasteiger partial charge in [-0.1, -0.05) is 18.2 Å². The second-order valence-electron chi connectivity index (χ2n) is 12.2. The summed E-state index contributed by atoms with van der Waals surface area (Å²) < 4.78 is 96.4. The minimum atomic E-state index is -5.21. The monoisotopic (exact) mass is 614 g/mol. The molecule has 2 N–H and O–H groups in total. The number of imide groups is 1. The average Bonchev–Trinajstić information content (AvgIpc) is 3.39. The molecule has 2 aromatic rings. The van der Waals surface area contributed by atoms with E-state index in [0.29, 0.717) is 6.92 Å². The molecule has 1 aliphatic heterocycles. The molecule has 42 heavy (non-hydrogen) atoms. The van der Waals surface area contributed by atoms with Crippen LogP contribution in [0.2, 0.25) is 0 Å². The number of aryl methyl sites for hydroxylation is 1. The molecule has 2 aliphatic carbocycles. The van der Waals surface area contributed by atoms with Crippen LogP contribution in [-0.4, -0.2) is 54.2 Å². The van der Waals surface area contributed by atoms with Crippen molar-refractivity contribution < 1.29 is 45.1 Å². The van der Waals surface area contributed by atoms with E-state index in [-0.39, 0.29) is 48.1 Å². The first-order valence-electron chi connectivity index (χ1n) is 13.6. The van der Waals surface area contributed by atoms with Crippen LogP contribution in [0.4, 0.5) is 26.7 Å². The highest BCUT2D eigenvalue weighted by atomic mass is 32.2. The number of aliphatic hydroxyl groups is 1. The highest BCUT2D eigenvalue weighted by molar-refractivity contribution is 7.92. The number of amides is 3. The summed E-state index contributed by atoms with van der Waals surface area (Å²) in [5.74, 6) is -2.14. The molecular weight excluding hydrogens is 583 g/mol. The molecule has 0 bridgehead atoms. The smallest absolute Gasteiger partial charge is 0.390 e. The molecule has 1 saturated carbocycles. The molecule has 2 aromatic carbocycles. The average molecular weight is 615 g/mol. The molecule has 3 aliphatic rings. The van der Waals surface area contributed by atoms with E-state index >= 15 is 0 Å². The van der Waals surface area contributed by atoms with Crippen LogP contribution in [0.3, 0.4) is 0 Å². The standard InChI is InChI=1S/C29H31F5N2O5S/c1-26(2,39)15-22-24(37)36(25(38)35-22)23-12-13-28(42(40,41)19-8-6-18(30)7-9-19)20-11-5-17(27(3,31)29(32,33)34)14-16(20)4-10-21(23)28/h5-9,11,14,21-23,39H,4,10,12-13,15H2,1-3H3,(H,35,38)/t21-,22+,23+,27?,28+/m0/s1. The quantitative estimate of drug-likeness (QED) is 0.270. The van der Waals surface area contributed by atoms with Crippen molar-refractivity contribution in [1.29, 1.82) is 0 Å². The first-order valence-corrected chi connectivity index (χ1v) is 15.1. The maximum Gasteiger partial charge on any atom is 0.426 e. The molecule has 5 rings (SSSR count). The minimum Gasteiger partial charge on any atom is -0.390 e. The van der Waals surface area contributed by atoms with Crippen LogP contribution in [0.25, 0.3) is 0 Å². The third kappa shape index (κ3) is 4.59. The fourth-order valence-electron chi connectivity index (χ4n) is 6.91. The number of rotatable bonds is 6. The number of carbonyl (C=O) groups is 2. The Kier molecular flexibility index (Phi) is 7.04. The molecule has 7 nitrogen and oxygen atoms in total. The molecule has 13 heteroatoms. The number of hydrogen-bond acceptors (Lipinski definition) is 5. The number of halogens is 5. The normalized spacial score (nSPS) is 27.8. The Morgan fingerprint density at radius 3 is 2.26 bits per heavy atom. The number of nitrogens with one attached hydrogen (secondary N) is 1. The van der Waals surface area contributed by atoms with Gasteiger partial charge in [-0.2, -0.15) is 13.2 Å². The minimum absolute atomic E-state index is 0.0721. The van der Waals surface area contributed by atoms with E-state index in [1.165, 1.54) is 19.9 Å². The van der Waals surface area contributed by atoms with Gasteiger partial charge in [0.2, 0.25) is 5.67 Å². The Labute approximate surface area is 240 Å². The van der Waals surface area contributed by atoms with E-state index in [1.807, 2.05) is 0 Å². The lowest BCUT2D eigenvalue weighted by molar-refractivity contribution is -0.228. The lowest BCUT2D eigenvalue weighted by Gasteiger charge is -2.43. The number of nitrogens with zero attached hydrogens (tertiary/aromatic N) is 1. The van der Waals surface area contributed by atoms with E-state index in [2.05, 4.69) is 5.32 Å². The number of sulfone groups is 1. The van der Waals surface area contributed by atoms with Crippen molar-refractivity contribution in [3.8, 4) is 0 Å². The Bertz CT molecular complexity index is 1530. The lowest BCUT2D eigenvalue weighted by atomic mass is 9.73. The van der Waals surface area contributed by atoms with Crippen LogP contribution in [0.1, 0.15) is 63.1 Å². The number of urea groups is 1. The van der Waals surface area contributed by atoms with Gasteiger partial charge in [0.25, 0.3) is 5.91 Å². The van der Waals surface area contributed by atoms with Gasteiger partial charge in [0.05, 0.1) is 10.5 Å². The molecule has 0 spiro atoms. The van der Waals surface area contributed by atoms with E-state index in [9.17, 15) is 45.1 Å². The van der Waals surface area contributed by atoms with E-state index in [1.54, 1.807) is 0 Å². The second-order valence-corrected chi connectivity index (χ2v) is 14.4. The fraction of sp³-hybridized carbons (Fsp3) is 0.517. The summed E-state index contributed by atoms with van der Waals surface area (Å²) in [4.78, 5) is 27.3. The van der Waals surface area contributed by atoms with Crippen LogP contribution < -0.4 is 5.32 Å². The first kappa shape index (κ1) is 30.4. The number of fused-ring (bicyclic) bond motifs is 3. The first-order chi connectivity index (χ1) is 19.3. The Hall–Kier alpha value is -3.06. The van der Waals surface area contributed by atoms with Crippen molar-refractivity contribution in [1.82, 2.24) is 10.2 Å². The van der Waals surface area contributed by atoms with Gasteiger partial charge in [-0.15, -0.1) is 0 Å². The summed E-state index contributed by atoms with van der Waals surface area (Å²) in [6.07, 6.45) is -5.15. The molecule has 228 valence electrons. The van der Waals surface area contributed by atoms with Gasteiger partial charge in [-0.3, -0.25) is 9.69 Å². The van der Waals surface area contributed by atoms with Crippen molar-refractivity contribution in [3.05, 3.63) is 65.0 Å². The summed E-state index contributed by atoms with van der Waals surface area (Å²) in [7, 11) is -4.40. The van der Waals surface area contributed by atoms with Gasteiger partial charge in [0.1, 0.15) is 16.6 Å². The largest absolute Gasteiger partial charge is 0.426 e. The Morgan fingerprint density at radius 2 is 1.67 bits per heavy atom. The van der Waals surface area contributed by atoms with Gasteiger partial charge < -0.3 is 10.4 Å². The summed E-state index contributed by atoms with van der Waals surface area (Å²) in [6.45, 7) is 3.37. The molecular formula is C29H31F5N2O5S. The maximum atomic E-state index is 14.9. The zero-order chi connectivity index (χ0) is 31.0. The van der Waals surface area contributed by atoms with E-state index < -0.39 is 73.4 Å². The molecule has 0 radical (unpaired) electrons. The zero-order valence-electron chi connectivity index (χ0n) is 23.1. The topological polar surface area (TPSA) is 104 Å². The van der Waals surface area contributed by atoms with Crippen molar-refractivity contribution in [2.45, 2.75) is 92.0 Å². The lowest BCUT2D eigenvalue weighted by Crippen LogP contribution is -2.51. The predicted octanol–water partition coefficient (Wildman–Crippen LogP) is 5.05. The zero-order valence-corrected chi connectivity index (χ0v) is 24.0. The van der Waals surface area contributed by atoms with E-state index in [0.717, 1.165) is 41.3 Å². The molecule has 1 unspecified atom stereocenters. The number of carbonyl (C=O) groups excluding carboxylic acids is 2. The third-order valence-corrected chi connectivity index (χ3v) is 11.5. The number of hydrogen-bond donors (Lipinski definition) is 2. The van der Waals surface area contributed by atoms with Crippen LogP contribution in [-0.2, 0) is 31.5 Å². The summed E-state index contributed by atoms with van der Waals surface area (Å²) in [5, 5.41) is 12.8. The third-order valence-electron chi connectivity index (χ3n) is 8.93. The maximum absolute atomic E-state index is 14.9. The molecule has 0 aromatic heterocycles. The summed E-state index contributed by atoms with van der Waals surface area (Å²) in [6, 6.07) is 4.70. The predicted molar refractivity (Wildman–Crippen MR) is 141 cm³/mol. The van der Waals surface area contributed by atoms with Crippen molar-refractivity contribution in [3.63, 3.8) is 0 Å². The Morgan fingerprint density at radius 1 is 1.02 bits per heavy atom. The van der Waals surface area contributed by atoms with Crippen molar-refractivity contribution >= 4 is 21.8 Å².